The SMILES string of the molecule is CNC(=O)c1ncsc1Nc1ccnc(Nc2ccc(N3CCOCC3)cc2)c1. The molecule has 1 aromatic carbocycles. The Labute approximate surface area is 172 Å². The second-order valence-electron chi connectivity index (χ2n) is 6.44. The highest BCUT2D eigenvalue weighted by Crippen LogP contribution is 2.27. The van der Waals surface area contributed by atoms with Gasteiger partial charge in [-0.05, 0) is 30.3 Å². The maximum Gasteiger partial charge on any atom is 0.272 e. The molecule has 9 heteroatoms. The minimum Gasteiger partial charge on any atom is -0.378 e. The van der Waals surface area contributed by atoms with Gasteiger partial charge in [0.15, 0.2) is 5.69 Å². The molecule has 0 spiro atoms. The minimum atomic E-state index is -0.221. The number of hydrogen-bond donors (Lipinski definition) is 3. The zero-order valence-corrected chi connectivity index (χ0v) is 16.8. The van der Waals surface area contributed by atoms with E-state index in [1.165, 1.54) is 17.0 Å². The third-order valence-corrected chi connectivity index (χ3v) is 5.29. The molecular formula is C20H22N6O2S. The highest BCUT2D eigenvalue weighted by atomic mass is 32.1. The van der Waals surface area contributed by atoms with Gasteiger partial charge in [-0.3, -0.25) is 4.79 Å². The van der Waals surface area contributed by atoms with Crippen molar-refractivity contribution in [2.45, 2.75) is 0 Å². The first kappa shape index (κ1) is 19.2. The van der Waals surface area contributed by atoms with Gasteiger partial charge in [-0.15, -0.1) is 11.3 Å². The fourth-order valence-electron chi connectivity index (χ4n) is 3.05. The quantitative estimate of drug-likeness (QED) is 0.575. The Hall–Kier alpha value is -3.17. The van der Waals surface area contributed by atoms with Crippen molar-refractivity contribution in [2.75, 3.05) is 48.9 Å². The number of nitrogens with one attached hydrogen (secondary N) is 3. The highest BCUT2D eigenvalue weighted by molar-refractivity contribution is 7.14. The largest absolute Gasteiger partial charge is 0.378 e. The predicted molar refractivity (Wildman–Crippen MR) is 116 cm³/mol. The van der Waals surface area contributed by atoms with Crippen LogP contribution < -0.4 is 20.9 Å². The van der Waals surface area contributed by atoms with Crippen LogP contribution in [0.1, 0.15) is 10.5 Å². The van der Waals surface area contributed by atoms with Crippen molar-refractivity contribution >= 4 is 45.1 Å². The molecule has 0 unspecified atom stereocenters. The van der Waals surface area contributed by atoms with Crippen molar-refractivity contribution in [3.05, 3.63) is 53.8 Å². The van der Waals surface area contributed by atoms with E-state index in [4.69, 9.17) is 4.74 Å². The van der Waals surface area contributed by atoms with Crippen LogP contribution in [0.2, 0.25) is 0 Å². The molecule has 3 aromatic rings. The molecule has 0 radical (unpaired) electrons. The van der Waals surface area contributed by atoms with Gasteiger partial charge in [-0.2, -0.15) is 0 Å². The Morgan fingerprint density at radius 1 is 1.07 bits per heavy atom. The average molecular weight is 411 g/mol. The van der Waals surface area contributed by atoms with E-state index in [0.29, 0.717) is 16.5 Å². The van der Waals surface area contributed by atoms with Gasteiger partial charge < -0.3 is 25.6 Å². The molecule has 3 heterocycles. The number of pyridine rings is 1. The van der Waals surface area contributed by atoms with E-state index in [9.17, 15) is 4.79 Å². The maximum absolute atomic E-state index is 11.9. The van der Waals surface area contributed by atoms with E-state index < -0.39 is 0 Å². The van der Waals surface area contributed by atoms with Crippen LogP contribution in [0.5, 0.6) is 0 Å². The minimum absolute atomic E-state index is 0.221. The molecule has 1 fully saturated rings. The number of rotatable bonds is 6. The summed E-state index contributed by atoms with van der Waals surface area (Å²) in [6.45, 7) is 3.37. The molecule has 0 aliphatic carbocycles. The lowest BCUT2D eigenvalue weighted by Gasteiger charge is -2.28. The number of carbonyl (C=O) groups is 1. The lowest BCUT2D eigenvalue weighted by Crippen LogP contribution is -2.36. The molecule has 1 saturated heterocycles. The number of nitrogens with zero attached hydrogens (tertiary/aromatic N) is 3. The number of carbonyl (C=O) groups excluding carboxylic acids is 1. The summed E-state index contributed by atoms with van der Waals surface area (Å²) in [5.41, 5.74) is 4.98. The molecule has 0 atom stereocenters. The van der Waals surface area contributed by atoms with E-state index in [0.717, 1.165) is 37.7 Å². The Morgan fingerprint density at radius 2 is 1.86 bits per heavy atom. The van der Waals surface area contributed by atoms with Crippen molar-refractivity contribution in [2.24, 2.45) is 0 Å². The monoisotopic (exact) mass is 410 g/mol. The van der Waals surface area contributed by atoms with Crippen LogP contribution in [0.4, 0.5) is 27.9 Å². The van der Waals surface area contributed by atoms with Crippen molar-refractivity contribution in [3.63, 3.8) is 0 Å². The second-order valence-corrected chi connectivity index (χ2v) is 7.29. The molecule has 4 rings (SSSR count). The third-order valence-electron chi connectivity index (χ3n) is 4.54. The van der Waals surface area contributed by atoms with Gasteiger partial charge in [0, 0.05) is 49.5 Å². The summed E-state index contributed by atoms with van der Waals surface area (Å²) in [6.07, 6.45) is 1.72. The fraction of sp³-hybridized carbons (Fsp3) is 0.250. The van der Waals surface area contributed by atoms with Crippen molar-refractivity contribution in [1.29, 1.82) is 0 Å². The molecule has 0 bridgehead atoms. The standard InChI is InChI=1S/C20H22N6O2S/c1-21-19(27)18-20(29-13-23-18)25-15-6-7-22-17(12-15)24-14-2-4-16(5-3-14)26-8-10-28-11-9-26/h2-7,12-13H,8-11H2,1H3,(H,21,27)(H2,22,24,25). The molecule has 8 nitrogen and oxygen atoms in total. The van der Waals surface area contributed by atoms with Gasteiger partial charge in [-0.1, -0.05) is 0 Å². The van der Waals surface area contributed by atoms with Gasteiger partial charge in [0.05, 0.1) is 18.7 Å². The molecule has 1 aliphatic rings. The Morgan fingerprint density at radius 3 is 2.62 bits per heavy atom. The molecule has 1 amide bonds. The van der Waals surface area contributed by atoms with Gasteiger partial charge in [0.1, 0.15) is 10.8 Å². The molecule has 2 aromatic heterocycles. The number of morpholine rings is 1. The van der Waals surface area contributed by atoms with Crippen LogP contribution in [0.15, 0.2) is 48.1 Å². The smallest absolute Gasteiger partial charge is 0.272 e. The van der Waals surface area contributed by atoms with E-state index in [-0.39, 0.29) is 5.91 Å². The number of benzene rings is 1. The summed E-state index contributed by atoms with van der Waals surface area (Å²) in [6, 6.07) is 12.0. The van der Waals surface area contributed by atoms with E-state index in [1.54, 1.807) is 18.8 Å². The van der Waals surface area contributed by atoms with Crippen LogP contribution in [-0.2, 0) is 4.74 Å². The number of thiazole rings is 1. The van der Waals surface area contributed by atoms with E-state index >= 15 is 0 Å². The second kappa shape index (κ2) is 8.89. The van der Waals surface area contributed by atoms with Gasteiger partial charge >= 0.3 is 0 Å². The van der Waals surface area contributed by atoms with E-state index in [2.05, 4.69) is 43.0 Å². The number of anilines is 5. The van der Waals surface area contributed by atoms with Crippen LogP contribution >= 0.6 is 11.3 Å². The third kappa shape index (κ3) is 4.64. The Kier molecular flexibility index (Phi) is 5.87. The van der Waals surface area contributed by atoms with Crippen molar-refractivity contribution < 1.29 is 9.53 Å². The predicted octanol–water partition coefficient (Wildman–Crippen LogP) is 3.22. The van der Waals surface area contributed by atoms with Crippen LogP contribution in [0, 0.1) is 0 Å². The Bertz CT molecular complexity index is 969. The van der Waals surface area contributed by atoms with Crippen molar-refractivity contribution in [3.8, 4) is 0 Å². The summed E-state index contributed by atoms with van der Waals surface area (Å²) in [5, 5.41) is 9.85. The van der Waals surface area contributed by atoms with Gasteiger partial charge in [-0.25, -0.2) is 9.97 Å². The van der Waals surface area contributed by atoms with Crippen molar-refractivity contribution in [1.82, 2.24) is 15.3 Å². The first-order valence-corrected chi connectivity index (χ1v) is 10.2. The first-order chi connectivity index (χ1) is 14.2. The summed E-state index contributed by atoms with van der Waals surface area (Å²) in [4.78, 5) is 22.7. The number of amides is 1. The highest BCUT2D eigenvalue weighted by Gasteiger charge is 2.14. The van der Waals surface area contributed by atoms with Crippen LogP contribution in [0.3, 0.4) is 0 Å². The van der Waals surface area contributed by atoms with Crippen LogP contribution in [-0.4, -0.2) is 49.2 Å². The summed E-state index contributed by atoms with van der Waals surface area (Å²) >= 11 is 1.38. The topological polar surface area (TPSA) is 91.4 Å². The zero-order chi connectivity index (χ0) is 20.1. The number of hydrogen-bond acceptors (Lipinski definition) is 8. The summed E-state index contributed by atoms with van der Waals surface area (Å²) in [7, 11) is 1.59. The number of aromatic nitrogens is 2. The first-order valence-electron chi connectivity index (χ1n) is 9.31. The Balaban J connectivity index is 1.44. The fourth-order valence-corrected chi connectivity index (χ4v) is 3.75. The lowest BCUT2D eigenvalue weighted by molar-refractivity contribution is 0.0959. The molecular weight excluding hydrogens is 388 g/mol. The lowest BCUT2D eigenvalue weighted by atomic mass is 10.2. The van der Waals surface area contributed by atoms with Gasteiger partial charge in [0.2, 0.25) is 0 Å². The molecule has 150 valence electrons. The molecule has 29 heavy (non-hydrogen) atoms. The number of ether oxygens (including phenoxy) is 1. The average Bonchev–Trinajstić information content (AvgIpc) is 3.23. The summed E-state index contributed by atoms with van der Waals surface area (Å²) < 4.78 is 5.41. The molecule has 3 N–H and O–H groups in total. The zero-order valence-electron chi connectivity index (χ0n) is 16.0. The maximum atomic E-state index is 11.9. The van der Waals surface area contributed by atoms with Gasteiger partial charge in [0.25, 0.3) is 5.91 Å². The summed E-state index contributed by atoms with van der Waals surface area (Å²) in [5.74, 6) is 0.488. The normalized spacial score (nSPS) is 13.8. The molecule has 1 aliphatic heterocycles. The molecule has 0 saturated carbocycles. The van der Waals surface area contributed by atoms with E-state index in [1.807, 2.05) is 24.3 Å². The van der Waals surface area contributed by atoms with Crippen LogP contribution in [0.25, 0.3) is 0 Å².